The van der Waals surface area contributed by atoms with Gasteiger partial charge < -0.3 is 15.2 Å². The number of hydrogen-bond donors (Lipinski definition) is 2. The van der Waals surface area contributed by atoms with E-state index in [1.165, 1.54) is 4.80 Å². The van der Waals surface area contributed by atoms with Gasteiger partial charge in [0.05, 0.1) is 18.9 Å². The highest BCUT2D eigenvalue weighted by atomic mass is 16.5. The minimum absolute atomic E-state index is 0.0409. The van der Waals surface area contributed by atoms with Crippen LogP contribution < -0.4 is 10.1 Å². The standard InChI is InChI=1S/C13H15N5O2/c1-2-20-11-5-3-10(4-6-11)18-16-12(9-14)13(17-18)15-7-8-19/h3-6,19H,2,7-8H2,1H3,(H,15,17). The van der Waals surface area contributed by atoms with Crippen LogP contribution in [0.1, 0.15) is 12.6 Å². The molecule has 7 heteroatoms. The number of nitrogens with one attached hydrogen (secondary N) is 1. The maximum Gasteiger partial charge on any atom is 0.207 e. The van der Waals surface area contributed by atoms with Gasteiger partial charge in [-0.25, -0.2) is 0 Å². The molecule has 0 unspecified atom stereocenters. The average molecular weight is 273 g/mol. The van der Waals surface area contributed by atoms with E-state index in [1.807, 2.05) is 37.3 Å². The number of nitriles is 1. The first-order valence-electron chi connectivity index (χ1n) is 6.24. The summed E-state index contributed by atoms with van der Waals surface area (Å²) in [5.41, 5.74) is 0.911. The summed E-state index contributed by atoms with van der Waals surface area (Å²) in [5, 5.41) is 28.9. The van der Waals surface area contributed by atoms with Crippen molar-refractivity contribution in [2.24, 2.45) is 0 Å². The van der Waals surface area contributed by atoms with E-state index in [0.717, 1.165) is 11.4 Å². The Bertz CT molecular complexity index is 600. The first-order chi connectivity index (χ1) is 9.78. The Balaban J connectivity index is 2.24. The molecule has 104 valence electrons. The predicted molar refractivity (Wildman–Crippen MR) is 72.8 cm³/mol. The van der Waals surface area contributed by atoms with Gasteiger partial charge >= 0.3 is 0 Å². The van der Waals surface area contributed by atoms with Crippen molar-refractivity contribution in [2.45, 2.75) is 6.92 Å². The molecule has 7 nitrogen and oxygen atoms in total. The minimum Gasteiger partial charge on any atom is -0.494 e. The van der Waals surface area contributed by atoms with E-state index >= 15 is 0 Å². The molecule has 0 atom stereocenters. The molecule has 2 aromatic rings. The summed E-state index contributed by atoms with van der Waals surface area (Å²) in [4.78, 5) is 1.37. The van der Waals surface area contributed by atoms with Gasteiger partial charge in [0.15, 0.2) is 5.82 Å². The van der Waals surface area contributed by atoms with Gasteiger partial charge in [0.2, 0.25) is 5.69 Å². The molecular weight excluding hydrogens is 258 g/mol. The SMILES string of the molecule is CCOc1ccc(-n2nc(C#N)c(NCCO)n2)cc1. The summed E-state index contributed by atoms with van der Waals surface area (Å²) < 4.78 is 5.36. The second-order valence-corrected chi connectivity index (χ2v) is 3.88. The Morgan fingerprint density at radius 2 is 2.10 bits per heavy atom. The van der Waals surface area contributed by atoms with Gasteiger partial charge in [0, 0.05) is 6.54 Å². The van der Waals surface area contributed by atoms with Gasteiger partial charge in [0.1, 0.15) is 11.8 Å². The van der Waals surface area contributed by atoms with Crippen LogP contribution in [-0.2, 0) is 0 Å². The lowest BCUT2D eigenvalue weighted by Gasteiger charge is -2.03. The molecule has 2 N–H and O–H groups in total. The zero-order chi connectivity index (χ0) is 14.4. The molecule has 20 heavy (non-hydrogen) atoms. The normalized spacial score (nSPS) is 10.1. The van der Waals surface area contributed by atoms with E-state index in [9.17, 15) is 0 Å². The Morgan fingerprint density at radius 3 is 2.70 bits per heavy atom. The summed E-state index contributed by atoms with van der Waals surface area (Å²) in [6, 6.07) is 9.21. The third-order valence-corrected chi connectivity index (χ3v) is 2.50. The fourth-order valence-corrected chi connectivity index (χ4v) is 1.63. The molecule has 0 spiro atoms. The third-order valence-electron chi connectivity index (χ3n) is 2.50. The lowest BCUT2D eigenvalue weighted by molar-refractivity contribution is 0.311. The van der Waals surface area contributed by atoms with E-state index in [1.54, 1.807) is 0 Å². The largest absolute Gasteiger partial charge is 0.494 e. The van der Waals surface area contributed by atoms with Crippen molar-refractivity contribution in [3.8, 4) is 17.5 Å². The number of benzene rings is 1. The van der Waals surface area contributed by atoms with Crippen LogP contribution >= 0.6 is 0 Å². The molecule has 0 amide bonds. The Labute approximate surface area is 116 Å². The monoisotopic (exact) mass is 273 g/mol. The summed E-state index contributed by atoms with van der Waals surface area (Å²) >= 11 is 0. The first kappa shape index (κ1) is 13.8. The second-order valence-electron chi connectivity index (χ2n) is 3.88. The second kappa shape index (κ2) is 6.54. The van der Waals surface area contributed by atoms with Gasteiger partial charge in [-0.05, 0) is 31.2 Å². The number of hydrogen-bond acceptors (Lipinski definition) is 6. The number of anilines is 1. The summed E-state index contributed by atoms with van der Waals surface area (Å²) in [6.45, 7) is 2.80. The summed E-state index contributed by atoms with van der Waals surface area (Å²) in [5.74, 6) is 1.12. The highest BCUT2D eigenvalue weighted by Crippen LogP contribution is 2.16. The maximum atomic E-state index is 9.00. The Hall–Kier alpha value is -2.59. The summed E-state index contributed by atoms with van der Waals surface area (Å²) in [7, 11) is 0. The van der Waals surface area contributed by atoms with E-state index in [2.05, 4.69) is 15.5 Å². The molecule has 0 radical (unpaired) electrons. The van der Waals surface area contributed by atoms with E-state index < -0.39 is 0 Å². The molecule has 0 aliphatic carbocycles. The van der Waals surface area contributed by atoms with Crippen LogP contribution in [0.2, 0.25) is 0 Å². The van der Waals surface area contributed by atoms with Crippen LogP contribution in [0.5, 0.6) is 5.75 Å². The lowest BCUT2D eigenvalue weighted by atomic mass is 10.3. The van der Waals surface area contributed by atoms with Crippen molar-refractivity contribution in [1.82, 2.24) is 15.0 Å². The smallest absolute Gasteiger partial charge is 0.207 e. The number of aromatic nitrogens is 3. The lowest BCUT2D eigenvalue weighted by Crippen LogP contribution is -2.07. The Kier molecular flexibility index (Phi) is 4.52. The van der Waals surface area contributed by atoms with Crippen molar-refractivity contribution in [3.63, 3.8) is 0 Å². The molecule has 1 aromatic carbocycles. The number of ether oxygens (including phenoxy) is 1. The highest BCUT2D eigenvalue weighted by Gasteiger charge is 2.11. The average Bonchev–Trinajstić information content (AvgIpc) is 2.89. The predicted octanol–water partition coefficient (Wildman–Crippen LogP) is 0.942. The molecule has 0 aliphatic heterocycles. The van der Waals surface area contributed by atoms with Crippen LogP contribution in [-0.4, -0.2) is 39.9 Å². The van der Waals surface area contributed by atoms with E-state index in [0.29, 0.717) is 19.0 Å². The molecule has 0 saturated heterocycles. The first-order valence-corrected chi connectivity index (χ1v) is 6.24. The van der Waals surface area contributed by atoms with Crippen molar-refractivity contribution in [1.29, 1.82) is 5.26 Å². The Morgan fingerprint density at radius 1 is 1.35 bits per heavy atom. The molecule has 1 heterocycles. The summed E-state index contributed by atoms with van der Waals surface area (Å²) in [6.07, 6.45) is 0. The molecular formula is C13H15N5O2. The third kappa shape index (κ3) is 3.05. The fourth-order valence-electron chi connectivity index (χ4n) is 1.63. The molecule has 0 fully saturated rings. The van der Waals surface area contributed by atoms with Gasteiger partial charge in [-0.15, -0.1) is 15.0 Å². The van der Waals surface area contributed by atoms with Gasteiger partial charge in [-0.1, -0.05) is 0 Å². The highest BCUT2D eigenvalue weighted by molar-refractivity contribution is 5.48. The number of aliphatic hydroxyl groups is 1. The fraction of sp³-hybridized carbons (Fsp3) is 0.308. The zero-order valence-corrected chi connectivity index (χ0v) is 11.1. The molecule has 1 aromatic heterocycles. The van der Waals surface area contributed by atoms with Crippen LogP contribution in [0.15, 0.2) is 24.3 Å². The van der Waals surface area contributed by atoms with Crippen LogP contribution in [0.25, 0.3) is 5.69 Å². The van der Waals surface area contributed by atoms with Crippen LogP contribution in [0, 0.1) is 11.3 Å². The van der Waals surface area contributed by atoms with Gasteiger partial charge in [-0.2, -0.15) is 5.26 Å². The molecule has 0 bridgehead atoms. The van der Waals surface area contributed by atoms with Crippen molar-refractivity contribution in [3.05, 3.63) is 30.0 Å². The minimum atomic E-state index is -0.0409. The van der Waals surface area contributed by atoms with E-state index in [-0.39, 0.29) is 12.3 Å². The molecule has 2 rings (SSSR count). The van der Waals surface area contributed by atoms with Gasteiger partial charge in [0.25, 0.3) is 0 Å². The van der Waals surface area contributed by atoms with Crippen LogP contribution in [0.4, 0.5) is 5.82 Å². The molecule has 0 aliphatic rings. The number of nitrogens with zero attached hydrogens (tertiary/aromatic N) is 4. The quantitative estimate of drug-likeness (QED) is 0.813. The number of aliphatic hydroxyl groups excluding tert-OH is 1. The molecule has 0 saturated carbocycles. The topological polar surface area (TPSA) is 96.0 Å². The van der Waals surface area contributed by atoms with E-state index in [4.69, 9.17) is 15.1 Å². The van der Waals surface area contributed by atoms with Crippen LogP contribution in [0.3, 0.4) is 0 Å². The maximum absolute atomic E-state index is 9.00. The zero-order valence-electron chi connectivity index (χ0n) is 11.1. The van der Waals surface area contributed by atoms with Crippen molar-refractivity contribution < 1.29 is 9.84 Å². The van der Waals surface area contributed by atoms with Crippen molar-refractivity contribution in [2.75, 3.05) is 25.1 Å². The number of rotatable bonds is 6. The van der Waals surface area contributed by atoms with Gasteiger partial charge in [-0.3, -0.25) is 0 Å². The van der Waals surface area contributed by atoms with Crippen molar-refractivity contribution >= 4 is 5.82 Å².